The van der Waals surface area contributed by atoms with E-state index >= 15 is 0 Å². The van der Waals surface area contributed by atoms with Gasteiger partial charge in [0.15, 0.2) is 0 Å². The van der Waals surface area contributed by atoms with Gasteiger partial charge in [-0.1, -0.05) is 29.3 Å². The Bertz CT molecular complexity index is 1080. The average Bonchev–Trinajstić information content (AvgIpc) is 2.57. The zero-order valence-corrected chi connectivity index (χ0v) is 13.7. The predicted octanol–water partition coefficient (Wildman–Crippen LogP) is 3.07. The van der Waals surface area contributed by atoms with Crippen molar-refractivity contribution in [2.45, 2.75) is 0 Å². The molecule has 0 unspecified atom stereocenters. The quantitative estimate of drug-likeness (QED) is 0.510. The highest BCUT2D eigenvalue weighted by Crippen LogP contribution is 2.24. The van der Waals surface area contributed by atoms with E-state index in [-0.39, 0.29) is 32.9 Å². The Kier molecular flexibility index (Phi) is 4.39. The molecule has 0 aliphatic heterocycles. The second-order valence-corrected chi connectivity index (χ2v) is 5.62. The number of nitrogens with zero attached hydrogens (tertiary/aromatic N) is 3. The zero-order valence-electron chi connectivity index (χ0n) is 12.2. The normalized spacial score (nSPS) is 10.6. The van der Waals surface area contributed by atoms with Crippen LogP contribution < -0.4 is 11.4 Å². The summed E-state index contributed by atoms with van der Waals surface area (Å²) in [6.45, 7) is 0. The molecule has 0 spiro atoms. The lowest BCUT2D eigenvalue weighted by Crippen LogP contribution is -2.33. The summed E-state index contributed by atoms with van der Waals surface area (Å²) in [4.78, 5) is 38.3. The summed E-state index contributed by atoms with van der Waals surface area (Å²) in [6, 6.07) is 9.37. The Morgan fingerprint density at radius 1 is 1.08 bits per heavy atom. The van der Waals surface area contributed by atoms with Crippen molar-refractivity contribution in [2.75, 3.05) is 0 Å². The number of hydrogen-bond acceptors (Lipinski definition) is 6. The lowest BCUT2D eigenvalue weighted by atomic mass is 10.2. The highest BCUT2D eigenvalue weighted by atomic mass is 35.5. The van der Waals surface area contributed by atoms with Crippen LogP contribution in [0.15, 0.2) is 56.5 Å². The van der Waals surface area contributed by atoms with Gasteiger partial charge >= 0.3 is 11.4 Å². The third kappa shape index (κ3) is 3.30. The van der Waals surface area contributed by atoms with E-state index < -0.39 is 16.4 Å². The predicted molar refractivity (Wildman–Crippen MR) is 90.5 cm³/mol. The molecule has 1 aromatic heterocycles. The van der Waals surface area contributed by atoms with Crippen LogP contribution in [0.2, 0.25) is 10.0 Å². The molecule has 0 N–H and O–H groups in total. The molecule has 0 aliphatic carbocycles. The van der Waals surface area contributed by atoms with E-state index in [4.69, 9.17) is 27.6 Å². The molecular formula is C15H7Cl2N3O5. The van der Waals surface area contributed by atoms with Crippen LogP contribution >= 0.6 is 23.2 Å². The molecule has 25 heavy (non-hydrogen) atoms. The molecule has 8 nitrogen and oxygen atoms in total. The maximum Gasteiger partial charge on any atom is 0.429 e. The number of nitro groups is 1. The van der Waals surface area contributed by atoms with E-state index in [1.54, 1.807) is 0 Å². The van der Waals surface area contributed by atoms with Gasteiger partial charge in [-0.3, -0.25) is 10.1 Å². The minimum absolute atomic E-state index is 0.129. The second kappa shape index (κ2) is 6.50. The van der Waals surface area contributed by atoms with Crippen LogP contribution in [-0.2, 0) is 0 Å². The fourth-order valence-electron chi connectivity index (χ4n) is 2.08. The molecule has 3 aromatic rings. The van der Waals surface area contributed by atoms with E-state index in [2.05, 4.69) is 4.98 Å². The van der Waals surface area contributed by atoms with Crippen molar-refractivity contribution in [2.24, 2.45) is 0 Å². The molecular weight excluding hydrogens is 373 g/mol. The molecule has 10 heteroatoms. The molecule has 2 aromatic carbocycles. The Labute approximate surface area is 149 Å². The number of non-ortho nitro benzene ring substituents is 1. The summed E-state index contributed by atoms with van der Waals surface area (Å²) >= 11 is 11.7. The van der Waals surface area contributed by atoms with Crippen LogP contribution in [-0.4, -0.2) is 14.5 Å². The Hall–Kier alpha value is -2.97. The summed E-state index contributed by atoms with van der Waals surface area (Å²) in [7, 11) is 0. The van der Waals surface area contributed by atoms with Crippen molar-refractivity contribution < 1.29 is 9.34 Å². The van der Waals surface area contributed by atoms with Gasteiger partial charge in [-0.15, -0.1) is 0 Å². The first-order chi connectivity index (χ1) is 11.9. The summed E-state index contributed by atoms with van der Waals surface area (Å²) in [5.74, 6) is -1.34. The van der Waals surface area contributed by atoms with Crippen LogP contribution in [0.3, 0.4) is 0 Å². The van der Waals surface area contributed by atoms with Crippen molar-refractivity contribution in [3.63, 3.8) is 0 Å². The SMILES string of the molecule is O=c1nc(-c2cccc([N+](=O)[O-])c2)oc(=O)n1-c1ccc(Cl)c(Cl)c1. The molecule has 1 heterocycles. The van der Waals surface area contributed by atoms with E-state index in [0.29, 0.717) is 4.57 Å². The minimum atomic E-state index is -1.01. The first-order valence-electron chi connectivity index (χ1n) is 6.71. The molecule has 0 atom stereocenters. The molecule has 0 aliphatic rings. The highest BCUT2D eigenvalue weighted by Gasteiger charge is 2.15. The van der Waals surface area contributed by atoms with Crippen molar-refractivity contribution in [1.82, 2.24) is 9.55 Å². The number of hydrogen-bond donors (Lipinski definition) is 0. The van der Waals surface area contributed by atoms with Crippen LogP contribution in [0, 0.1) is 10.1 Å². The first kappa shape index (κ1) is 16.9. The number of rotatable bonds is 3. The zero-order chi connectivity index (χ0) is 18.1. The third-order valence-electron chi connectivity index (χ3n) is 3.22. The largest absolute Gasteiger partial charge is 0.429 e. The summed E-state index contributed by atoms with van der Waals surface area (Å²) in [5, 5.41) is 11.2. The maximum atomic E-state index is 12.2. The standard InChI is InChI=1S/C15H7Cl2N3O5/c16-11-5-4-9(7-12(11)17)19-14(21)18-13(25-15(19)22)8-2-1-3-10(6-8)20(23)24/h1-7H. The monoisotopic (exact) mass is 379 g/mol. The highest BCUT2D eigenvalue weighted by molar-refractivity contribution is 6.42. The van der Waals surface area contributed by atoms with Gasteiger partial charge in [-0.25, -0.2) is 9.59 Å². The summed E-state index contributed by atoms with van der Waals surface area (Å²) < 4.78 is 5.70. The second-order valence-electron chi connectivity index (χ2n) is 4.81. The third-order valence-corrected chi connectivity index (χ3v) is 3.96. The Morgan fingerprint density at radius 2 is 1.84 bits per heavy atom. The van der Waals surface area contributed by atoms with Crippen LogP contribution in [0.1, 0.15) is 0 Å². The van der Waals surface area contributed by atoms with E-state index in [0.717, 1.165) is 6.07 Å². The van der Waals surface area contributed by atoms with Gasteiger partial charge in [0.05, 0.1) is 20.7 Å². The van der Waals surface area contributed by atoms with Gasteiger partial charge in [0.25, 0.3) is 5.69 Å². The molecule has 0 radical (unpaired) electrons. The lowest BCUT2D eigenvalue weighted by molar-refractivity contribution is -0.384. The molecule has 0 saturated heterocycles. The van der Waals surface area contributed by atoms with E-state index in [1.165, 1.54) is 36.4 Å². The van der Waals surface area contributed by atoms with Crippen molar-refractivity contribution in [1.29, 1.82) is 0 Å². The van der Waals surface area contributed by atoms with E-state index in [1.807, 2.05) is 0 Å². The maximum absolute atomic E-state index is 12.2. The van der Waals surface area contributed by atoms with Crippen LogP contribution in [0.5, 0.6) is 0 Å². The average molecular weight is 380 g/mol. The van der Waals surface area contributed by atoms with Crippen LogP contribution in [0.4, 0.5) is 5.69 Å². The number of benzene rings is 2. The molecule has 0 bridgehead atoms. The van der Waals surface area contributed by atoms with Gasteiger partial charge in [0, 0.05) is 17.7 Å². The Morgan fingerprint density at radius 3 is 2.48 bits per heavy atom. The number of aromatic nitrogens is 2. The van der Waals surface area contributed by atoms with Gasteiger partial charge in [-0.2, -0.15) is 9.55 Å². The van der Waals surface area contributed by atoms with Crippen LogP contribution in [0.25, 0.3) is 17.1 Å². The molecule has 126 valence electrons. The first-order valence-corrected chi connectivity index (χ1v) is 7.47. The fourth-order valence-corrected chi connectivity index (χ4v) is 2.37. The van der Waals surface area contributed by atoms with Crippen molar-refractivity contribution in [3.05, 3.63) is 83.7 Å². The molecule has 0 fully saturated rings. The lowest BCUT2D eigenvalue weighted by Gasteiger charge is -2.05. The number of nitro benzene ring substituents is 1. The van der Waals surface area contributed by atoms with Gasteiger partial charge < -0.3 is 4.42 Å². The summed E-state index contributed by atoms with van der Waals surface area (Å²) in [5.41, 5.74) is -0.886. The fraction of sp³-hybridized carbons (Fsp3) is 0. The summed E-state index contributed by atoms with van der Waals surface area (Å²) in [6.07, 6.45) is 0. The smallest absolute Gasteiger partial charge is 0.390 e. The van der Waals surface area contributed by atoms with E-state index in [9.17, 15) is 19.7 Å². The van der Waals surface area contributed by atoms with Gasteiger partial charge in [-0.05, 0) is 24.3 Å². The molecule has 0 saturated carbocycles. The topological polar surface area (TPSA) is 108 Å². The Balaban J connectivity index is 2.14. The molecule has 3 rings (SSSR count). The minimum Gasteiger partial charge on any atom is -0.390 e. The van der Waals surface area contributed by atoms with Gasteiger partial charge in [0.1, 0.15) is 0 Å². The van der Waals surface area contributed by atoms with Gasteiger partial charge in [0.2, 0.25) is 5.89 Å². The van der Waals surface area contributed by atoms with Crippen molar-refractivity contribution >= 4 is 28.9 Å². The molecule has 0 amide bonds. The van der Waals surface area contributed by atoms with Crippen molar-refractivity contribution in [3.8, 4) is 17.1 Å². The number of halogens is 2.